The van der Waals surface area contributed by atoms with Crippen LogP contribution in [0.25, 0.3) is 11.1 Å². The number of nitrogens with zero attached hydrogens (tertiary/aromatic N) is 1. The fraction of sp³-hybridized carbons (Fsp3) is 0.400. The van der Waals surface area contributed by atoms with Gasteiger partial charge < -0.3 is 20.1 Å². The molecule has 7 nitrogen and oxygen atoms in total. The number of benzene rings is 2. The average molecular weight is 439 g/mol. The third-order valence-electron chi connectivity index (χ3n) is 6.37. The van der Waals surface area contributed by atoms with Crippen LogP contribution in [0.3, 0.4) is 0 Å². The number of alkyl carbamates (subject to hydrolysis) is 1. The van der Waals surface area contributed by atoms with Crippen molar-refractivity contribution in [3.05, 3.63) is 59.7 Å². The number of aliphatic carboxylic acids is 1. The summed E-state index contributed by atoms with van der Waals surface area (Å²) in [5.41, 5.74) is 3.21. The number of carboxylic acid groups (broad SMARTS) is 1. The number of amides is 2. The molecule has 1 aliphatic carbocycles. The lowest BCUT2D eigenvalue weighted by atomic mass is 9.98. The van der Waals surface area contributed by atoms with E-state index in [1.54, 1.807) is 0 Å². The molecule has 0 saturated heterocycles. The summed E-state index contributed by atoms with van der Waals surface area (Å²) >= 11 is 0. The molecule has 170 valence electrons. The molecule has 0 radical (unpaired) electrons. The number of carbonyl (C=O) groups is 3. The standard InChI is InChI=1S/C25H30N2O5/c1-5-16(22(28)27(4)25(2,3)23(29)30)14-26-24(31)32-15-21-19-12-8-6-10-17(19)18-11-7-9-13-20(18)21/h6-13,16,21H,5,14-15H2,1-4H3,(H,26,31)(H,29,30). The molecule has 7 heteroatoms. The summed E-state index contributed by atoms with van der Waals surface area (Å²) in [6, 6.07) is 16.2. The molecule has 0 aromatic heterocycles. The van der Waals surface area contributed by atoms with Crippen molar-refractivity contribution in [1.29, 1.82) is 0 Å². The van der Waals surface area contributed by atoms with E-state index in [2.05, 4.69) is 17.4 Å². The maximum Gasteiger partial charge on any atom is 0.407 e. The fourth-order valence-corrected chi connectivity index (χ4v) is 3.96. The van der Waals surface area contributed by atoms with E-state index in [-0.39, 0.29) is 25.0 Å². The van der Waals surface area contributed by atoms with Crippen LogP contribution in [0.5, 0.6) is 0 Å². The van der Waals surface area contributed by atoms with E-state index in [0.29, 0.717) is 6.42 Å². The van der Waals surface area contributed by atoms with Crippen molar-refractivity contribution in [3.8, 4) is 11.1 Å². The first-order valence-electron chi connectivity index (χ1n) is 10.8. The van der Waals surface area contributed by atoms with Crippen LogP contribution < -0.4 is 5.32 Å². The molecule has 32 heavy (non-hydrogen) atoms. The summed E-state index contributed by atoms with van der Waals surface area (Å²) in [5, 5.41) is 12.0. The average Bonchev–Trinajstić information content (AvgIpc) is 3.11. The van der Waals surface area contributed by atoms with Gasteiger partial charge in [-0.3, -0.25) is 4.79 Å². The molecule has 0 saturated carbocycles. The number of carbonyl (C=O) groups excluding carboxylic acids is 2. The molecule has 0 spiro atoms. The fourth-order valence-electron chi connectivity index (χ4n) is 3.96. The van der Waals surface area contributed by atoms with Crippen LogP contribution in [0.1, 0.15) is 44.2 Å². The highest BCUT2D eigenvalue weighted by molar-refractivity contribution is 5.87. The van der Waals surface area contributed by atoms with Gasteiger partial charge in [-0.1, -0.05) is 55.5 Å². The van der Waals surface area contributed by atoms with Gasteiger partial charge in [0.15, 0.2) is 0 Å². The summed E-state index contributed by atoms with van der Waals surface area (Å²) in [4.78, 5) is 37.8. The Kier molecular flexibility index (Phi) is 6.87. The number of ether oxygens (including phenoxy) is 1. The van der Waals surface area contributed by atoms with Crippen molar-refractivity contribution < 1.29 is 24.2 Å². The first-order valence-corrected chi connectivity index (χ1v) is 10.8. The van der Waals surface area contributed by atoms with Gasteiger partial charge in [0.25, 0.3) is 0 Å². The van der Waals surface area contributed by atoms with E-state index < -0.39 is 23.5 Å². The van der Waals surface area contributed by atoms with Gasteiger partial charge >= 0.3 is 12.1 Å². The molecule has 3 rings (SSSR count). The Morgan fingerprint density at radius 2 is 1.59 bits per heavy atom. The predicted octanol–water partition coefficient (Wildman–Crippen LogP) is 3.87. The van der Waals surface area contributed by atoms with E-state index in [9.17, 15) is 19.5 Å². The predicted molar refractivity (Wildman–Crippen MR) is 121 cm³/mol. The molecular weight excluding hydrogens is 408 g/mol. The zero-order valence-corrected chi connectivity index (χ0v) is 18.9. The minimum absolute atomic E-state index is 0.0424. The second kappa shape index (κ2) is 9.42. The first-order chi connectivity index (χ1) is 15.2. The zero-order chi connectivity index (χ0) is 23.5. The number of nitrogens with one attached hydrogen (secondary N) is 1. The molecule has 0 aliphatic heterocycles. The van der Waals surface area contributed by atoms with Crippen LogP contribution in [-0.2, 0) is 14.3 Å². The van der Waals surface area contributed by atoms with E-state index in [0.717, 1.165) is 22.3 Å². The lowest BCUT2D eigenvalue weighted by molar-refractivity contribution is -0.157. The van der Waals surface area contributed by atoms with Crippen molar-refractivity contribution in [3.63, 3.8) is 0 Å². The van der Waals surface area contributed by atoms with Crippen LogP contribution in [0.4, 0.5) is 4.79 Å². The second-order valence-corrected chi connectivity index (χ2v) is 8.57. The molecule has 2 amide bonds. The number of carboxylic acids is 1. The number of hydrogen-bond acceptors (Lipinski definition) is 4. The Bertz CT molecular complexity index is 971. The van der Waals surface area contributed by atoms with Gasteiger partial charge in [-0.15, -0.1) is 0 Å². The lowest BCUT2D eigenvalue weighted by Gasteiger charge is -2.34. The van der Waals surface area contributed by atoms with Crippen LogP contribution in [0.2, 0.25) is 0 Å². The van der Waals surface area contributed by atoms with Gasteiger partial charge in [-0.2, -0.15) is 0 Å². The highest BCUT2D eigenvalue weighted by atomic mass is 16.5. The number of rotatable bonds is 8. The van der Waals surface area contributed by atoms with Crippen molar-refractivity contribution in [2.75, 3.05) is 20.2 Å². The number of fused-ring (bicyclic) bond motifs is 3. The summed E-state index contributed by atoms with van der Waals surface area (Å²) < 4.78 is 5.51. The van der Waals surface area contributed by atoms with Crippen molar-refractivity contribution in [2.45, 2.75) is 38.6 Å². The van der Waals surface area contributed by atoms with Gasteiger partial charge in [-0.05, 0) is 42.5 Å². The molecule has 1 unspecified atom stereocenters. The maximum absolute atomic E-state index is 12.8. The van der Waals surface area contributed by atoms with Gasteiger partial charge in [-0.25, -0.2) is 9.59 Å². The Balaban J connectivity index is 1.59. The monoisotopic (exact) mass is 438 g/mol. The Morgan fingerprint density at radius 3 is 2.09 bits per heavy atom. The quantitative estimate of drug-likeness (QED) is 0.652. The molecular formula is C25H30N2O5. The highest BCUT2D eigenvalue weighted by Gasteiger charge is 2.37. The van der Waals surface area contributed by atoms with Crippen LogP contribution >= 0.6 is 0 Å². The normalized spacial score (nSPS) is 13.6. The van der Waals surface area contributed by atoms with E-state index in [1.165, 1.54) is 25.8 Å². The largest absolute Gasteiger partial charge is 0.480 e. The molecule has 0 bridgehead atoms. The Hall–Kier alpha value is -3.35. The van der Waals surface area contributed by atoms with E-state index >= 15 is 0 Å². The number of hydrogen-bond donors (Lipinski definition) is 2. The van der Waals surface area contributed by atoms with Crippen molar-refractivity contribution in [2.24, 2.45) is 5.92 Å². The molecule has 2 aromatic rings. The van der Waals surface area contributed by atoms with Gasteiger partial charge in [0.05, 0.1) is 5.92 Å². The smallest absolute Gasteiger partial charge is 0.407 e. The zero-order valence-electron chi connectivity index (χ0n) is 18.9. The maximum atomic E-state index is 12.8. The Labute approximate surface area is 188 Å². The van der Waals surface area contributed by atoms with Gasteiger partial charge in [0.1, 0.15) is 12.1 Å². The summed E-state index contributed by atoms with van der Waals surface area (Å²) in [7, 11) is 1.46. The SMILES string of the molecule is CCC(CNC(=O)OCC1c2ccccc2-c2ccccc21)C(=O)N(C)C(C)(C)C(=O)O. The van der Waals surface area contributed by atoms with Crippen LogP contribution in [0, 0.1) is 5.92 Å². The van der Waals surface area contributed by atoms with Crippen LogP contribution in [0.15, 0.2) is 48.5 Å². The van der Waals surface area contributed by atoms with Crippen molar-refractivity contribution >= 4 is 18.0 Å². The molecule has 1 atom stereocenters. The van der Waals surface area contributed by atoms with E-state index in [4.69, 9.17) is 4.74 Å². The summed E-state index contributed by atoms with van der Waals surface area (Å²) in [6.45, 7) is 5.03. The third-order valence-corrected chi connectivity index (χ3v) is 6.37. The second-order valence-electron chi connectivity index (χ2n) is 8.57. The summed E-state index contributed by atoms with van der Waals surface area (Å²) in [6.07, 6.45) is -0.138. The lowest BCUT2D eigenvalue weighted by Crippen LogP contribution is -2.53. The van der Waals surface area contributed by atoms with Gasteiger partial charge in [0.2, 0.25) is 5.91 Å². The highest BCUT2D eigenvalue weighted by Crippen LogP contribution is 2.44. The minimum atomic E-state index is -1.34. The van der Waals surface area contributed by atoms with Crippen molar-refractivity contribution in [1.82, 2.24) is 10.2 Å². The third kappa shape index (κ3) is 4.47. The topological polar surface area (TPSA) is 95.9 Å². The molecule has 0 heterocycles. The molecule has 2 aromatic carbocycles. The van der Waals surface area contributed by atoms with E-state index in [1.807, 2.05) is 43.3 Å². The molecule has 1 aliphatic rings. The van der Waals surface area contributed by atoms with Gasteiger partial charge in [0, 0.05) is 19.5 Å². The minimum Gasteiger partial charge on any atom is -0.480 e. The molecule has 0 fully saturated rings. The number of likely N-dealkylation sites (N-methyl/N-ethyl adjacent to an activating group) is 1. The van der Waals surface area contributed by atoms with Crippen LogP contribution in [-0.4, -0.2) is 53.7 Å². The molecule has 2 N–H and O–H groups in total. The Morgan fingerprint density at radius 1 is 1.06 bits per heavy atom. The summed E-state index contributed by atoms with van der Waals surface area (Å²) in [5.74, 6) is -2.01. The first kappa shape index (κ1) is 23.3.